The van der Waals surface area contributed by atoms with Gasteiger partial charge in [0.1, 0.15) is 5.75 Å². The molecule has 0 unspecified atom stereocenters. The number of nitrogens with one attached hydrogen (secondary N) is 3. The van der Waals surface area contributed by atoms with Crippen molar-refractivity contribution in [1.82, 2.24) is 16.0 Å². The molecule has 0 fully saturated rings. The molecule has 1 aromatic carbocycles. The molecular weight excluding hydrogens is 280 g/mol. The Labute approximate surface area is 132 Å². The van der Waals surface area contributed by atoms with Gasteiger partial charge in [-0.25, -0.2) is 0 Å². The lowest BCUT2D eigenvalue weighted by molar-refractivity contribution is 0.0955. The Hall–Kier alpha value is -2.24. The number of carbonyl (C=O) groups excluding carboxylic acids is 1. The molecule has 0 aliphatic carbocycles. The molecule has 1 amide bonds. The van der Waals surface area contributed by atoms with Crippen LogP contribution in [0.3, 0.4) is 0 Å². The fourth-order valence-corrected chi connectivity index (χ4v) is 1.71. The van der Waals surface area contributed by atoms with Gasteiger partial charge in [-0.1, -0.05) is 0 Å². The third-order valence-electron chi connectivity index (χ3n) is 2.63. The van der Waals surface area contributed by atoms with E-state index >= 15 is 0 Å². The number of hydrogen-bond donors (Lipinski definition) is 4. The first kappa shape index (κ1) is 17.8. The highest BCUT2D eigenvalue weighted by Gasteiger charge is 2.11. The molecule has 0 radical (unpaired) electrons. The van der Waals surface area contributed by atoms with Crippen LogP contribution in [-0.4, -0.2) is 42.1 Å². The molecule has 6 heteroatoms. The van der Waals surface area contributed by atoms with Crippen LogP contribution in [0.15, 0.2) is 29.3 Å². The molecule has 0 aliphatic heterocycles. The molecule has 0 spiro atoms. The van der Waals surface area contributed by atoms with Crippen LogP contribution in [-0.2, 0) is 0 Å². The molecule has 1 rings (SSSR count). The predicted octanol–water partition coefficient (Wildman–Crippen LogP) is 1.48. The SMILES string of the molecule is CCNC(=NCCNC(=O)c1ccc(O)cc1)NC(C)(C)C. The Kier molecular flexibility index (Phi) is 6.69. The summed E-state index contributed by atoms with van der Waals surface area (Å²) in [6.45, 7) is 9.90. The lowest BCUT2D eigenvalue weighted by Crippen LogP contribution is -2.47. The number of aromatic hydroxyl groups is 1. The zero-order valence-electron chi connectivity index (χ0n) is 13.7. The summed E-state index contributed by atoms with van der Waals surface area (Å²) in [6.07, 6.45) is 0. The van der Waals surface area contributed by atoms with Gasteiger partial charge in [0.2, 0.25) is 0 Å². The highest BCUT2D eigenvalue weighted by Crippen LogP contribution is 2.09. The average molecular weight is 306 g/mol. The van der Waals surface area contributed by atoms with Gasteiger partial charge in [-0.05, 0) is 52.0 Å². The van der Waals surface area contributed by atoms with Crippen LogP contribution < -0.4 is 16.0 Å². The molecule has 4 N–H and O–H groups in total. The van der Waals surface area contributed by atoms with E-state index in [2.05, 4.69) is 41.7 Å². The summed E-state index contributed by atoms with van der Waals surface area (Å²) in [5.74, 6) is 0.697. The molecule has 0 aliphatic rings. The van der Waals surface area contributed by atoms with Crippen LogP contribution in [0.25, 0.3) is 0 Å². The molecule has 22 heavy (non-hydrogen) atoms. The van der Waals surface area contributed by atoms with Gasteiger partial charge in [0.05, 0.1) is 6.54 Å². The van der Waals surface area contributed by atoms with Gasteiger partial charge in [-0.15, -0.1) is 0 Å². The van der Waals surface area contributed by atoms with Crippen molar-refractivity contribution in [1.29, 1.82) is 0 Å². The minimum atomic E-state index is -0.177. The normalized spacial score (nSPS) is 11.9. The standard InChI is InChI=1S/C16H26N4O2/c1-5-17-15(20-16(2,3)4)19-11-10-18-14(22)12-6-8-13(21)9-7-12/h6-9,21H,5,10-11H2,1-4H3,(H,18,22)(H2,17,19,20). The zero-order chi connectivity index (χ0) is 16.6. The number of benzene rings is 1. The molecule has 0 saturated heterocycles. The van der Waals surface area contributed by atoms with E-state index in [0.717, 1.165) is 12.5 Å². The zero-order valence-corrected chi connectivity index (χ0v) is 13.7. The Balaban J connectivity index is 2.45. The van der Waals surface area contributed by atoms with Gasteiger partial charge in [-0.3, -0.25) is 9.79 Å². The summed E-state index contributed by atoms with van der Waals surface area (Å²) >= 11 is 0. The second-order valence-corrected chi connectivity index (χ2v) is 5.94. The van der Waals surface area contributed by atoms with Gasteiger partial charge in [0, 0.05) is 24.2 Å². The lowest BCUT2D eigenvalue weighted by atomic mass is 10.1. The van der Waals surface area contributed by atoms with Crippen molar-refractivity contribution in [2.75, 3.05) is 19.6 Å². The number of carbonyl (C=O) groups is 1. The lowest BCUT2D eigenvalue weighted by Gasteiger charge is -2.23. The van der Waals surface area contributed by atoms with Crippen molar-refractivity contribution in [2.24, 2.45) is 4.99 Å². The van der Waals surface area contributed by atoms with Crippen molar-refractivity contribution in [3.05, 3.63) is 29.8 Å². The third kappa shape index (κ3) is 6.97. The maximum atomic E-state index is 11.9. The third-order valence-corrected chi connectivity index (χ3v) is 2.63. The largest absolute Gasteiger partial charge is 0.508 e. The molecule has 0 aromatic heterocycles. The van der Waals surface area contributed by atoms with Crippen LogP contribution in [0.2, 0.25) is 0 Å². The van der Waals surface area contributed by atoms with Crippen LogP contribution in [0.1, 0.15) is 38.1 Å². The summed E-state index contributed by atoms with van der Waals surface area (Å²) in [5.41, 5.74) is 0.442. The number of hydrogen-bond acceptors (Lipinski definition) is 3. The van der Waals surface area contributed by atoms with Gasteiger partial charge >= 0.3 is 0 Å². The Bertz CT molecular complexity index is 504. The minimum Gasteiger partial charge on any atom is -0.508 e. The summed E-state index contributed by atoms with van der Waals surface area (Å²) in [7, 11) is 0. The molecule has 122 valence electrons. The van der Waals surface area contributed by atoms with Gasteiger partial charge < -0.3 is 21.1 Å². The Morgan fingerprint density at radius 2 is 1.82 bits per heavy atom. The number of aliphatic imine (C=N–C) groups is 1. The van der Waals surface area contributed by atoms with Crippen molar-refractivity contribution < 1.29 is 9.90 Å². The fourth-order valence-electron chi connectivity index (χ4n) is 1.71. The Morgan fingerprint density at radius 1 is 1.18 bits per heavy atom. The highest BCUT2D eigenvalue weighted by atomic mass is 16.3. The topological polar surface area (TPSA) is 85.8 Å². The van der Waals surface area contributed by atoms with E-state index in [-0.39, 0.29) is 17.2 Å². The summed E-state index contributed by atoms with van der Waals surface area (Å²) in [6, 6.07) is 6.14. The van der Waals surface area contributed by atoms with Crippen molar-refractivity contribution in [3.8, 4) is 5.75 Å². The quantitative estimate of drug-likeness (QED) is 0.377. The van der Waals surface area contributed by atoms with Gasteiger partial charge in [0.25, 0.3) is 5.91 Å². The monoisotopic (exact) mass is 306 g/mol. The molecule has 0 heterocycles. The summed E-state index contributed by atoms with van der Waals surface area (Å²) in [4.78, 5) is 16.3. The molecular formula is C16H26N4O2. The summed E-state index contributed by atoms with van der Waals surface area (Å²) < 4.78 is 0. The molecule has 0 bridgehead atoms. The Morgan fingerprint density at radius 3 is 2.36 bits per heavy atom. The first-order valence-electron chi connectivity index (χ1n) is 7.45. The minimum absolute atomic E-state index is 0.0731. The number of nitrogens with zero attached hydrogens (tertiary/aromatic N) is 1. The van der Waals surface area contributed by atoms with Crippen LogP contribution in [0, 0.1) is 0 Å². The predicted molar refractivity (Wildman–Crippen MR) is 89.3 cm³/mol. The van der Waals surface area contributed by atoms with E-state index in [0.29, 0.717) is 18.7 Å². The number of phenolic OH excluding ortho intramolecular Hbond substituents is 1. The number of rotatable bonds is 5. The van der Waals surface area contributed by atoms with Gasteiger partial charge in [-0.2, -0.15) is 0 Å². The number of guanidine groups is 1. The molecule has 0 atom stereocenters. The molecule has 0 saturated carbocycles. The molecule has 6 nitrogen and oxygen atoms in total. The maximum absolute atomic E-state index is 11.9. The molecule has 1 aromatic rings. The van der Waals surface area contributed by atoms with Crippen molar-refractivity contribution in [3.63, 3.8) is 0 Å². The van der Waals surface area contributed by atoms with E-state index < -0.39 is 0 Å². The van der Waals surface area contributed by atoms with E-state index in [1.165, 1.54) is 12.1 Å². The second-order valence-electron chi connectivity index (χ2n) is 5.94. The highest BCUT2D eigenvalue weighted by molar-refractivity contribution is 5.94. The van der Waals surface area contributed by atoms with Crippen molar-refractivity contribution in [2.45, 2.75) is 33.2 Å². The van der Waals surface area contributed by atoms with Crippen LogP contribution in [0.4, 0.5) is 0 Å². The van der Waals surface area contributed by atoms with E-state index in [1.54, 1.807) is 12.1 Å². The van der Waals surface area contributed by atoms with Gasteiger partial charge in [0.15, 0.2) is 5.96 Å². The van der Waals surface area contributed by atoms with E-state index in [9.17, 15) is 9.90 Å². The number of phenols is 1. The fraction of sp³-hybridized carbons (Fsp3) is 0.500. The number of amides is 1. The van der Waals surface area contributed by atoms with Crippen molar-refractivity contribution >= 4 is 11.9 Å². The average Bonchev–Trinajstić information content (AvgIpc) is 2.42. The van der Waals surface area contributed by atoms with E-state index in [1.807, 2.05) is 6.92 Å². The van der Waals surface area contributed by atoms with Crippen LogP contribution in [0.5, 0.6) is 5.75 Å². The van der Waals surface area contributed by atoms with E-state index in [4.69, 9.17) is 0 Å². The first-order valence-corrected chi connectivity index (χ1v) is 7.45. The summed E-state index contributed by atoms with van der Waals surface area (Å²) in [5, 5.41) is 18.4. The van der Waals surface area contributed by atoms with Crippen LogP contribution >= 0.6 is 0 Å². The first-order chi connectivity index (χ1) is 10.3. The maximum Gasteiger partial charge on any atom is 0.251 e. The smallest absolute Gasteiger partial charge is 0.251 e. The second kappa shape index (κ2) is 8.26.